The van der Waals surface area contributed by atoms with E-state index in [0.29, 0.717) is 12.5 Å². The molecule has 5 saturated heterocycles. The van der Waals surface area contributed by atoms with Gasteiger partial charge in [-0.05, 0) is 49.1 Å². The van der Waals surface area contributed by atoms with Crippen molar-refractivity contribution >= 4 is 11.9 Å². The van der Waals surface area contributed by atoms with Crippen LogP contribution >= 0.6 is 0 Å². The molecule has 6 fully saturated rings. The summed E-state index contributed by atoms with van der Waals surface area (Å²) in [4.78, 5) is 39.7. The van der Waals surface area contributed by atoms with Crippen molar-refractivity contribution in [1.82, 2.24) is 10.2 Å². The minimum Gasteiger partial charge on any atom is -0.435 e. The third-order valence-corrected chi connectivity index (χ3v) is 9.92. The lowest BCUT2D eigenvalue weighted by Gasteiger charge is -2.59. The number of ether oxygens (including phenoxy) is 4. The Bertz CT molecular complexity index is 1090. The van der Waals surface area contributed by atoms with E-state index >= 15 is 0 Å². The van der Waals surface area contributed by atoms with E-state index in [4.69, 9.17) is 28.7 Å². The van der Waals surface area contributed by atoms with Crippen molar-refractivity contribution in [2.45, 2.75) is 96.4 Å². The lowest BCUT2D eigenvalue weighted by atomic mass is 9.58. The number of carbonyl (C=O) groups excluding carboxylic acids is 2. The van der Waals surface area contributed by atoms with Crippen LogP contribution in [-0.4, -0.2) is 67.0 Å². The van der Waals surface area contributed by atoms with E-state index in [1.165, 1.54) is 5.56 Å². The van der Waals surface area contributed by atoms with Crippen LogP contribution in [0.15, 0.2) is 24.3 Å². The molecule has 0 aromatic heterocycles. The van der Waals surface area contributed by atoms with E-state index in [1.807, 2.05) is 26.0 Å². The Morgan fingerprint density at radius 3 is 2.54 bits per heavy atom. The summed E-state index contributed by atoms with van der Waals surface area (Å²) in [5, 5.41) is 2.91. The van der Waals surface area contributed by atoms with Crippen LogP contribution in [0.3, 0.4) is 0 Å². The highest BCUT2D eigenvalue weighted by atomic mass is 17.3. The van der Waals surface area contributed by atoms with E-state index in [9.17, 15) is 9.59 Å². The molecule has 1 saturated carbocycles. The topological polar surface area (TPSA) is 105 Å². The minimum absolute atomic E-state index is 0.0186. The van der Waals surface area contributed by atoms with Crippen molar-refractivity contribution in [3.63, 3.8) is 0 Å². The molecule has 41 heavy (non-hydrogen) atoms. The van der Waals surface area contributed by atoms with Crippen LogP contribution in [0.2, 0.25) is 0 Å². The number of nitrogens with zero attached hydrogens (tertiary/aromatic N) is 1. The van der Waals surface area contributed by atoms with Crippen molar-refractivity contribution in [2.75, 3.05) is 26.3 Å². The molecule has 1 amide bonds. The summed E-state index contributed by atoms with van der Waals surface area (Å²) in [5.74, 6) is -0.840. The predicted octanol–water partition coefficient (Wildman–Crippen LogP) is 3.67. The maximum Gasteiger partial charge on any atom is 0.308 e. The zero-order valence-electron chi connectivity index (χ0n) is 24.5. The van der Waals surface area contributed by atoms with Crippen LogP contribution in [0.25, 0.3) is 0 Å². The maximum atomic E-state index is 12.8. The Hall–Kier alpha value is -2.08. The number of carbonyl (C=O) groups is 2. The van der Waals surface area contributed by atoms with Gasteiger partial charge in [0.25, 0.3) is 0 Å². The van der Waals surface area contributed by atoms with E-state index in [2.05, 4.69) is 29.3 Å². The first kappa shape index (κ1) is 29.0. The van der Waals surface area contributed by atoms with Gasteiger partial charge in [0.05, 0.1) is 19.6 Å². The molecule has 226 valence electrons. The van der Waals surface area contributed by atoms with Gasteiger partial charge < -0.3 is 24.3 Å². The van der Waals surface area contributed by atoms with Gasteiger partial charge in [-0.15, -0.1) is 0 Å². The molecule has 8 atom stereocenters. The van der Waals surface area contributed by atoms with Crippen molar-refractivity contribution in [1.29, 1.82) is 0 Å². The fourth-order valence-corrected chi connectivity index (χ4v) is 7.48. The minimum atomic E-state index is -0.881. The molecular weight excluding hydrogens is 528 g/mol. The van der Waals surface area contributed by atoms with Crippen LogP contribution in [0.1, 0.15) is 70.4 Å². The average molecular weight is 573 g/mol. The third kappa shape index (κ3) is 5.92. The quantitative estimate of drug-likeness (QED) is 0.369. The van der Waals surface area contributed by atoms with Crippen molar-refractivity contribution < 1.29 is 38.3 Å². The molecule has 2 bridgehead atoms. The number of amides is 1. The molecular formula is C31H44N2O8. The largest absolute Gasteiger partial charge is 0.435 e. The molecule has 5 aliphatic heterocycles. The Labute approximate surface area is 242 Å². The molecule has 1 aromatic rings. The van der Waals surface area contributed by atoms with E-state index in [1.54, 1.807) is 0 Å². The van der Waals surface area contributed by atoms with Gasteiger partial charge >= 0.3 is 5.97 Å². The van der Waals surface area contributed by atoms with E-state index < -0.39 is 29.9 Å². The highest BCUT2D eigenvalue weighted by Crippen LogP contribution is 2.60. The number of nitrogens with one attached hydrogen (secondary N) is 1. The third-order valence-electron chi connectivity index (χ3n) is 9.92. The highest BCUT2D eigenvalue weighted by molar-refractivity contribution is 5.81. The van der Waals surface area contributed by atoms with Crippen LogP contribution < -0.4 is 5.32 Å². The summed E-state index contributed by atoms with van der Waals surface area (Å²) in [6, 6.07) is 8.26. The first-order valence-electron chi connectivity index (χ1n) is 15.3. The van der Waals surface area contributed by atoms with Crippen LogP contribution in [0.4, 0.5) is 0 Å². The summed E-state index contributed by atoms with van der Waals surface area (Å²) >= 11 is 0. The number of fused-ring (bicyclic) bond motifs is 2. The molecule has 10 heteroatoms. The average Bonchev–Trinajstić information content (AvgIpc) is 3.20. The lowest BCUT2D eigenvalue weighted by Crippen LogP contribution is -2.70. The molecule has 1 aliphatic carbocycles. The Morgan fingerprint density at radius 2 is 1.76 bits per heavy atom. The molecule has 1 aromatic carbocycles. The molecule has 0 radical (unpaired) electrons. The van der Waals surface area contributed by atoms with Gasteiger partial charge in [-0.1, -0.05) is 38.1 Å². The zero-order valence-corrected chi connectivity index (χ0v) is 24.5. The van der Waals surface area contributed by atoms with Crippen molar-refractivity contribution in [2.24, 2.45) is 23.7 Å². The zero-order chi connectivity index (χ0) is 28.6. The monoisotopic (exact) mass is 572 g/mol. The summed E-state index contributed by atoms with van der Waals surface area (Å²) < 4.78 is 23.9. The Morgan fingerprint density at radius 1 is 1.00 bits per heavy atom. The second-order valence-electron chi connectivity index (χ2n) is 12.7. The molecule has 1 N–H and O–H groups in total. The summed E-state index contributed by atoms with van der Waals surface area (Å²) in [5.41, 5.74) is 1.56. The van der Waals surface area contributed by atoms with Gasteiger partial charge in [0, 0.05) is 50.9 Å². The Kier molecular flexibility index (Phi) is 8.42. The van der Waals surface area contributed by atoms with Gasteiger partial charge in [-0.3, -0.25) is 14.5 Å². The second-order valence-corrected chi connectivity index (χ2v) is 12.7. The van der Waals surface area contributed by atoms with Gasteiger partial charge in [-0.25, -0.2) is 9.78 Å². The summed E-state index contributed by atoms with van der Waals surface area (Å²) in [6.07, 6.45) is 2.27. The van der Waals surface area contributed by atoms with E-state index in [-0.39, 0.29) is 36.5 Å². The molecule has 0 unspecified atom stereocenters. The number of morpholine rings is 1. The maximum absolute atomic E-state index is 12.8. The first-order valence-corrected chi connectivity index (χ1v) is 15.3. The molecule has 7 rings (SSSR count). The molecule has 5 heterocycles. The van der Waals surface area contributed by atoms with Crippen LogP contribution in [0, 0.1) is 23.7 Å². The van der Waals surface area contributed by atoms with Gasteiger partial charge in [0.1, 0.15) is 0 Å². The van der Waals surface area contributed by atoms with Crippen LogP contribution in [0.5, 0.6) is 0 Å². The highest BCUT2D eigenvalue weighted by Gasteiger charge is 2.69. The molecule has 1 spiro atoms. The van der Waals surface area contributed by atoms with Crippen molar-refractivity contribution in [3.8, 4) is 0 Å². The molecule has 6 aliphatic rings. The van der Waals surface area contributed by atoms with Gasteiger partial charge in [-0.2, -0.15) is 0 Å². The van der Waals surface area contributed by atoms with Gasteiger partial charge in [0.15, 0.2) is 11.9 Å². The number of hydrogen-bond acceptors (Lipinski definition) is 9. The normalized spacial score (nSPS) is 38.5. The summed E-state index contributed by atoms with van der Waals surface area (Å²) in [6.45, 7) is 11.0. The standard InChI is InChI=1S/C31H44N2O8/c1-20-4-9-25-21(2)28(38-29-31(25)24(20)12-13-30(3,39-29)40-41-31)37-27(35)11-10-26(34)32-18-22-5-7-23(8-6-22)19-33-14-16-36-17-15-33/h5-8,20-21,24-25,28-29H,4,9-19H2,1-3H3,(H,32,34)/t20-,21-,24-,25-,28-,29-,30+,31-/m1/s1. The number of rotatable bonds is 8. The fourth-order valence-electron chi connectivity index (χ4n) is 7.48. The van der Waals surface area contributed by atoms with Crippen LogP contribution in [-0.2, 0) is 51.4 Å². The smallest absolute Gasteiger partial charge is 0.308 e. The van der Waals surface area contributed by atoms with Gasteiger partial charge in [0.2, 0.25) is 18.0 Å². The first-order chi connectivity index (χ1) is 19.8. The SMILES string of the molecule is C[C@H]1[C@H](OC(=O)CCC(=O)NCc2ccc(CN3CCOCC3)cc2)O[C@@H]2O[C@]3(C)CC[C@@H]4[C@H](C)CC[C@H]1[C@@]24OO3. The number of esters is 1. The summed E-state index contributed by atoms with van der Waals surface area (Å²) in [7, 11) is 0. The lowest BCUT2D eigenvalue weighted by molar-refractivity contribution is -0.576. The number of hydrogen-bond donors (Lipinski definition) is 1. The number of benzene rings is 1. The van der Waals surface area contributed by atoms with Crippen molar-refractivity contribution in [3.05, 3.63) is 35.4 Å². The van der Waals surface area contributed by atoms with E-state index in [0.717, 1.165) is 64.1 Å². The second kappa shape index (κ2) is 11.9. The predicted molar refractivity (Wildman–Crippen MR) is 147 cm³/mol. The molecule has 10 nitrogen and oxygen atoms in total. The Balaban J connectivity index is 0.981. The fraction of sp³-hybridized carbons (Fsp3) is 0.742.